The number of fused-ring (bicyclic) bond motifs is 1. The molecular weight excluding hydrogens is 607 g/mol. The monoisotopic (exact) mass is 646 g/mol. The van der Waals surface area contributed by atoms with Crippen LogP contribution in [-0.2, 0) is 4.79 Å². The van der Waals surface area contributed by atoms with E-state index in [1.807, 2.05) is 64.6 Å². The van der Waals surface area contributed by atoms with Crippen LogP contribution in [0.3, 0.4) is 0 Å². The molecule has 0 spiro atoms. The zero-order valence-corrected chi connectivity index (χ0v) is 28.1. The molecule has 1 saturated heterocycles. The Balaban J connectivity index is 1.72. The number of carbonyl (C=O) groups excluding carboxylic acids is 1. The number of halogens is 2. The zero-order valence-electron chi connectivity index (χ0n) is 27.3. The second kappa shape index (κ2) is 13.6. The Morgan fingerprint density at radius 2 is 1.76 bits per heavy atom. The number of benzene rings is 1. The Labute approximate surface area is 273 Å². The number of amides is 1. The molecule has 0 bridgehead atoms. The Hall–Kier alpha value is -4.22. The SMILES string of the molecule is CC(C)c1ncnc(C(C)C)c1-n1c(=O)nc(N2CCN(C(=O)/C=C/CN(C)C)C[C@@H]2C)c2cc(Cl)c(-c3ccccc3F)nc21. The maximum absolute atomic E-state index is 15.1. The van der Waals surface area contributed by atoms with E-state index < -0.39 is 11.5 Å². The second-order valence-electron chi connectivity index (χ2n) is 12.5. The number of hydrogen-bond acceptors (Lipinski definition) is 8. The van der Waals surface area contributed by atoms with Gasteiger partial charge in [0.15, 0.2) is 5.65 Å². The molecule has 1 atom stereocenters. The van der Waals surface area contributed by atoms with Crippen molar-refractivity contribution in [2.24, 2.45) is 0 Å². The Kier molecular flexibility index (Phi) is 9.83. The fraction of sp³-hybridized carbons (Fsp3) is 0.412. The van der Waals surface area contributed by atoms with E-state index in [1.54, 1.807) is 35.2 Å². The fourth-order valence-corrected chi connectivity index (χ4v) is 6.04. The molecule has 1 aliphatic heterocycles. The van der Waals surface area contributed by atoms with Gasteiger partial charge in [0, 0.05) is 43.9 Å². The van der Waals surface area contributed by atoms with Crippen molar-refractivity contribution in [3.8, 4) is 16.9 Å². The Bertz CT molecular complexity index is 1830. The summed E-state index contributed by atoms with van der Waals surface area (Å²) in [5.74, 6) is -0.238. The number of likely N-dealkylation sites (N-methyl/N-ethyl adjacent to an activating group) is 1. The summed E-state index contributed by atoms with van der Waals surface area (Å²) in [6.45, 7) is 12.0. The number of pyridine rings is 1. The molecule has 46 heavy (non-hydrogen) atoms. The average molecular weight is 647 g/mol. The van der Waals surface area contributed by atoms with Gasteiger partial charge >= 0.3 is 5.69 Å². The number of aromatic nitrogens is 5. The maximum Gasteiger partial charge on any atom is 0.355 e. The number of rotatable bonds is 8. The van der Waals surface area contributed by atoms with E-state index in [1.165, 1.54) is 17.0 Å². The van der Waals surface area contributed by atoms with Gasteiger partial charge in [-0.05, 0) is 51.1 Å². The normalized spacial score (nSPS) is 15.7. The smallest absolute Gasteiger partial charge is 0.350 e. The molecule has 4 aromatic rings. The lowest BCUT2D eigenvalue weighted by molar-refractivity contribution is -0.126. The highest BCUT2D eigenvalue weighted by atomic mass is 35.5. The van der Waals surface area contributed by atoms with Crippen LogP contribution in [0.5, 0.6) is 0 Å². The first-order valence-corrected chi connectivity index (χ1v) is 15.9. The van der Waals surface area contributed by atoms with Gasteiger partial charge in [0.2, 0.25) is 5.91 Å². The van der Waals surface area contributed by atoms with Crippen LogP contribution in [0, 0.1) is 5.82 Å². The van der Waals surface area contributed by atoms with Crippen LogP contribution in [0.2, 0.25) is 5.02 Å². The summed E-state index contributed by atoms with van der Waals surface area (Å²) < 4.78 is 16.5. The van der Waals surface area contributed by atoms with Gasteiger partial charge < -0.3 is 14.7 Å². The summed E-state index contributed by atoms with van der Waals surface area (Å²) in [6.07, 6.45) is 4.96. The van der Waals surface area contributed by atoms with Crippen molar-refractivity contribution in [1.29, 1.82) is 0 Å². The molecule has 1 fully saturated rings. The molecule has 0 aliphatic carbocycles. The molecule has 12 heteroatoms. The van der Waals surface area contributed by atoms with Crippen LogP contribution < -0.4 is 10.6 Å². The third kappa shape index (κ3) is 6.52. The summed E-state index contributed by atoms with van der Waals surface area (Å²) in [7, 11) is 3.89. The van der Waals surface area contributed by atoms with E-state index in [-0.39, 0.29) is 45.7 Å². The van der Waals surface area contributed by atoms with Crippen LogP contribution in [0.15, 0.2) is 53.6 Å². The van der Waals surface area contributed by atoms with Gasteiger partial charge in [0.05, 0.1) is 33.2 Å². The second-order valence-corrected chi connectivity index (χ2v) is 12.9. The van der Waals surface area contributed by atoms with Crippen LogP contribution in [-0.4, -0.2) is 86.5 Å². The van der Waals surface area contributed by atoms with Crippen LogP contribution in [0.25, 0.3) is 28.0 Å². The summed E-state index contributed by atoms with van der Waals surface area (Å²) in [5, 5.41) is 0.742. The molecule has 242 valence electrons. The van der Waals surface area contributed by atoms with Gasteiger partial charge in [-0.2, -0.15) is 4.98 Å². The van der Waals surface area contributed by atoms with E-state index in [4.69, 9.17) is 16.6 Å². The van der Waals surface area contributed by atoms with Crippen LogP contribution in [0.4, 0.5) is 10.2 Å². The third-order valence-electron chi connectivity index (χ3n) is 8.07. The Morgan fingerprint density at radius 1 is 1.09 bits per heavy atom. The van der Waals surface area contributed by atoms with Gasteiger partial charge in [-0.3, -0.25) is 4.79 Å². The molecule has 1 amide bonds. The number of hydrogen-bond donors (Lipinski definition) is 0. The van der Waals surface area contributed by atoms with E-state index in [2.05, 4.69) is 15.0 Å². The zero-order chi connectivity index (χ0) is 33.3. The number of carbonyl (C=O) groups is 1. The predicted octanol–water partition coefficient (Wildman–Crippen LogP) is 5.43. The number of piperazine rings is 1. The minimum absolute atomic E-state index is 0.0483. The lowest BCUT2D eigenvalue weighted by Gasteiger charge is -2.40. The van der Waals surface area contributed by atoms with E-state index in [9.17, 15) is 9.59 Å². The van der Waals surface area contributed by atoms with Crippen molar-refractivity contribution in [3.63, 3.8) is 0 Å². The average Bonchev–Trinajstić information content (AvgIpc) is 3.00. The van der Waals surface area contributed by atoms with Crippen molar-refractivity contribution in [1.82, 2.24) is 34.3 Å². The molecule has 0 N–H and O–H groups in total. The minimum atomic E-state index is -0.562. The molecule has 4 heterocycles. The molecule has 10 nitrogen and oxygen atoms in total. The van der Waals surface area contributed by atoms with Crippen molar-refractivity contribution in [2.45, 2.75) is 52.5 Å². The van der Waals surface area contributed by atoms with E-state index in [0.29, 0.717) is 54.5 Å². The highest BCUT2D eigenvalue weighted by Crippen LogP contribution is 2.36. The summed E-state index contributed by atoms with van der Waals surface area (Å²) >= 11 is 6.84. The molecule has 0 saturated carbocycles. The topological polar surface area (TPSA) is 100 Å². The number of anilines is 1. The summed E-state index contributed by atoms with van der Waals surface area (Å²) in [5.41, 5.74) is 1.99. The highest BCUT2D eigenvalue weighted by molar-refractivity contribution is 6.33. The highest BCUT2D eigenvalue weighted by Gasteiger charge is 2.31. The van der Waals surface area contributed by atoms with Crippen LogP contribution >= 0.6 is 11.6 Å². The largest absolute Gasteiger partial charge is 0.355 e. The Morgan fingerprint density at radius 3 is 2.37 bits per heavy atom. The predicted molar refractivity (Wildman–Crippen MR) is 180 cm³/mol. The quantitative estimate of drug-likeness (QED) is 0.234. The van der Waals surface area contributed by atoms with Crippen molar-refractivity contribution in [3.05, 3.63) is 81.5 Å². The first-order valence-electron chi connectivity index (χ1n) is 15.5. The van der Waals surface area contributed by atoms with Gasteiger partial charge in [-0.25, -0.2) is 28.7 Å². The minimum Gasteiger partial charge on any atom is -0.350 e. The standard InChI is InChI=1S/C34H40ClFN8O2/c1-20(2)28-31(29(21(3)4)38-19-37-28)44-33-24(17-25(35)30(39-33)23-11-8-9-12-26(23)36)32(40-34(44)46)43-16-15-42(18-22(43)5)27(45)13-10-14-41(6)7/h8-13,17,19-22H,14-16,18H2,1-7H3/b13-10+/t22-/m0/s1. The number of nitrogens with zero attached hydrogens (tertiary/aromatic N) is 8. The first-order chi connectivity index (χ1) is 21.9. The van der Waals surface area contributed by atoms with Gasteiger partial charge in [-0.15, -0.1) is 0 Å². The molecule has 1 aliphatic rings. The summed E-state index contributed by atoms with van der Waals surface area (Å²) in [6, 6.07) is 7.79. The van der Waals surface area contributed by atoms with E-state index in [0.717, 1.165) is 0 Å². The molecule has 1 aromatic carbocycles. The van der Waals surface area contributed by atoms with E-state index >= 15 is 4.39 Å². The van der Waals surface area contributed by atoms with Crippen molar-refractivity contribution >= 4 is 34.4 Å². The van der Waals surface area contributed by atoms with Crippen LogP contribution in [0.1, 0.15) is 57.8 Å². The first kappa shape index (κ1) is 33.2. The lowest BCUT2D eigenvalue weighted by atomic mass is 10.0. The maximum atomic E-state index is 15.1. The molecule has 0 unspecified atom stereocenters. The lowest BCUT2D eigenvalue weighted by Crippen LogP contribution is -2.54. The van der Waals surface area contributed by atoms with Gasteiger partial charge in [0.25, 0.3) is 0 Å². The fourth-order valence-electron chi connectivity index (χ4n) is 5.79. The molecule has 5 rings (SSSR count). The molecule has 0 radical (unpaired) electrons. The summed E-state index contributed by atoms with van der Waals surface area (Å²) in [4.78, 5) is 51.6. The van der Waals surface area contributed by atoms with Gasteiger partial charge in [0.1, 0.15) is 18.0 Å². The van der Waals surface area contributed by atoms with Crippen molar-refractivity contribution in [2.75, 3.05) is 45.2 Å². The molecular formula is C34H40ClFN8O2. The van der Waals surface area contributed by atoms with Gasteiger partial charge in [-0.1, -0.05) is 57.5 Å². The van der Waals surface area contributed by atoms with Crippen molar-refractivity contribution < 1.29 is 9.18 Å². The molecule has 3 aromatic heterocycles. The third-order valence-corrected chi connectivity index (χ3v) is 8.36.